The minimum atomic E-state index is -0.106. The minimum Gasteiger partial charge on any atom is -0.380 e. The Morgan fingerprint density at radius 1 is 1.00 bits per heavy atom. The number of methoxy groups -OCH3 is 1. The standard InChI is InChI=1S/C25H37FO/c1-3-4-5-6-19-7-9-20(10-8-19)21-11-13-22(14-12-21)23-15-16-24(18-27-2)25(26)17-23/h5-6,15-17,19-22H,3-4,7-14,18H2,1-2H3/b6-5+/t19?,20?,21-,22-. The number of unbranched alkanes of at least 4 members (excludes halogenated alkanes) is 1. The smallest absolute Gasteiger partial charge is 0.129 e. The van der Waals surface area contributed by atoms with Gasteiger partial charge in [-0.15, -0.1) is 0 Å². The van der Waals surface area contributed by atoms with Gasteiger partial charge in [0.15, 0.2) is 0 Å². The van der Waals surface area contributed by atoms with Gasteiger partial charge in [0.1, 0.15) is 5.82 Å². The summed E-state index contributed by atoms with van der Waals surface area (Å²) in [7, 11) is 1.61. The molecule has 150 valence electrons. The summed E-state index contributed by atoms with van der Waals surface area (Å²) in [4.78, 5) is 0. The van der Waals surface area contributed by atoms with Crippen LogP contribution in [0.3, 0.4) is 0 Å². The summed E-state index contributed by atoms with van der Waals surface area (Å²) in [6.07, 6.45) is 18.1. The zero-order valence-electron chi connectivity index (χ0n) is 17.3. The molecule has 0 unspecified atom stereocenters. The van der Waals surface area contributed by atoms with Gasteiger partial charge in [-0.25, -0.2) is 4.39 Å². The van der Waals surface area contributed by atoms with Crippen LogP contribution in [0.25, 0.3) is 0 Å². The normalized spacial score (nSPS) is 29.3. The van der Waals surface area contributed by atoms with E-state index in [0.717, 1.165) is 17.8 Å². The summed E-state index contributed by atoms with van der Waals surface area (Å²) in [5.41, 5.74) is 1.86. The molecule has 1 aromatic rings. The van der Waals surface area contributed by atoms with Crippen molar-refractivity contribution in [2.45, 2.75) is 83.7 Å². The minimum absolute atomic E-state index is 0.106. The maximum absolute atomic E-state index is 14.2. The molecule has 0 atom stereocenters. The van der Waals surface area contributed by atoms with E-state index >= 15 is 0 Å². The molecular formula is C25H37FO. The predicted octanol–water partition coefficient (Wildman–Crippen LogP) is 7.41. The van der Waals surface area contributed by atoms with Crippen molar-refractivity contribution in [3.63, 3.8) is 0 Å². The van der Waals surface area contributed by atoms with Crippen LogP contribution in [0.2, 0.25) is 0 Å². The molecule has 0 amide bonds. The molecule has 27 heavy (non-hydrogen) atoms. The zero-order chi connectivity index (χ0) is 19.1. The van der Waals surface area contributed by atoms with E-state index in [9.17, 15) is 4.39 Å². The molecule has 2 fully saturated rings. The molecule has 0 radical (unpaired) electrons. The number of benzene rings is 1. The number of hydrogen-bond acceptors (Lipinski definition) is 1. The van der Waals surface area contributed by atoms with Crippen LogP contribution in [0, 0.1) is 23.6 Å². The predicted molar refractivity (Wildman–Crippen MR) is 111 cm³/mol. The Kier molecular flexibility index (Phi) is 7.93. The quantitative estimate of drug-likeness (QED) is 0.453. The van der Waals surface area contributed by atoms with Gasteiger partial charge >= 0.3 is 0 Å². The Morgan fingerprint density at radius 3 is 2.26 bits per heavy atom. The lowest BCUT2D eigenvalue weighted by molar-refractivity contribution is 0.171. The van der Waals surface area contributed by atoms with Gasteiger partial charge in [0, 0.05) is 12.7 Å². The van der Waals surface area contributed by atoms with E-state index in [2.05, 4.69) is 25.1 Å². The molecule has 2 aliphatic carbocycles. The highest BCUT2D eigenvalue weighted by Crippen LogP contribution is 2.44. The molecule has 0 spiro atoms. The zero-order valence-corrected chi connectivity index (χ0v) is 17.3. The first-order valence-electron chi connectivity index (χ1n) is 11.1. The monoisotopic (exact) mass is 372 g/mol. The molecule has 1 nitrogen and oxygen atoms in total. The average molecular weight is 373 g/mol. The molecule has 2 heteroatoms. The molecule has 0 bridgehead atoms. The van der Waals surface area contributed by atoms with E-state index in [4.69, 9.17) is 4.74 Å². The number of rotatable bonds is 7. The first-order valence-corrected chi connectivity index (χ1v) is 11.1. The van der Waals surface area contributed by atoms with Crippen LogP contribution in [0.5, 0.6) is 0 Å². The number of ether oxygens (including phenoxy) is 1. The fourth-order valence-corrected chi connectivity index (χ4v) is 5.28. The molecule has 0 aromatic heterocycles. The van der Waals surface area contributed by atoms with Gasteiger partial charge in [-0.05, 0) is 93.1 Å². The third kappa shape index (κ3) is 5.67. The number of hydrogen-bond donors (Lipinski definition) is 0. The Balaban J connectivity index is 1.46. The fourth-order valence-electron chi connectivity index (χ4n) is 5.28. The second-order valence-electron chi connectivity index (χ2n) is 8.79. The molecule has 2 saturated carbocycles. The van der Waals surface area contributed by atoms with Crippen LogP contribution in [0.4, 0.5) is 4.39 Å². The molecule has 0 saturated heterocycles. The summed E-state index contributed by atoms with van der Waals surface area (Å²) in [6, 6.07) is 5.79. The highest BCUT2D eigenvalue weighted by atomic mass is 19.1. The van der Waals surface area contributed by atoms with E-state index in [-0.39, 0.29) is 5.82 Å². The van der Waals surface area contributed by atoms with Crippen LogP contribution in [0.1, 0.15) is 88.2 Å². The van der Waals surface area contributed by atoms with Crippen molar-refractivity contribution < 1.29 is 9.13 Å². The summed E-state index contributed by atoms with van der Waals surface area (Å²) in [5.74, 6) is 3.10. The van der Waals surface area contributed by atoms with E-state index in [0.29, 0.717) is 18.1 Å². The van der Waals surface area contributed by atoms with Crippen LogP contribution >= 0.6 is 0 Å². The average Bonchev–Trinajstić information content (AvgIpc) is 2.71. The third-order valence-corrected chi connectivity index (χ3v) is 6.97. The van der Waals surface area contributed by atoms with Crippen molar-refractivity contribution >= 4 is 0 Å². The molecule has 0 aliphatic heterocycles. The second-order valence-corrected chi connectivity index (χ2v) is 8.79. The first kappa shape index (κ1) is 20.6. The molecule has 0 N–H and O–H groups in total. The summed E-state index contributed by atoms with van der Waals surface area (Å²) in [5, 5.41) is 0. The van der Waals surface area contributed by atoms with Crippen molar-refractivity contribution in [1.82, 2.24) is 0 Å². The maximum Gasteiger partial charge on any atom is 0.129 e. The van der Waals surface area contributed by atoms with Crippen molar-refractivity contribution in [2.24, 2.45) is 17.8 Å². The third-order valence-electron chi connectivity index (χ3n) is 6.97. The van der Waals surface area contributed by atoms with Gasteiger partial charge in [0.25, 0.3) is 0 Å². The molecule has 1 aromatic carbocycles. The summed E-state index contributed by atoms with van der Waals surface area (Å²) < 4.78 is 19.3. The maximum atomic E-state index is 14.2. The van der Waals surface area contributed by atoms with Crippen molar-refractivity contribution in [3.05, 3.63) is 47.3 Å². The summed E-state index contributed by atoms with van der Waals surface area (Å²) >= 11 is 0. The van der Waals surface area contributed by atoms with Gasteiger partial charge in [-0.3, -0.25) is 0 Å². The highest BCUT2D eigenvalue weighted by molar-refractivity contribution is 5.27. The van der Waals surface area contributed by atoms with E-state index in [1.165, 1.54) is 69.8 Å². The molecule has 2 aliphatic rings. The SMILES string of the molecule is CCC/C=C/C1CCC([C@H]2CC[C@H](c3ccc(COC)c(F)c3)CC2)CC1. The van der Waals surface area contributed by atoms with E-state index in [1.807, 2.05) is 6.07 Å². The lowest BCUT2D eigenvalue weighted by Gasteiger charge is -2.37. The van der Waals surface area contributed by atoms with E-state index < -0.39 is 0 Å². The van der Waals surface area contributed by atoms with Crippen LogP contribution in [-0.2, 0) is 11.3 Å². The number of halogens is 1. The second kappa shape index (κ2) is 10.4. The molecular weight excluding hydrogens is 335 g/mol. The topological polar surface area (TPSA) is 9.23 Å². The fraction of sp³-hybridized carbons (Fsp3) is 0.680. The largest absolute Gasteiger partial charge is 0.380 e. The Morgan fingerprint density at radius 2 is 1.67 bits per heavy atom. The lowest BCUT2D eigenvalue weighted by Crippen LogP contribution is -2.25. The van der Waals surface area contributed by atoms with Gasteiger partial charge < -0.3 is 4.74 Å². The number of allylic oxidation sites excluding steroid dienone is 2. The van der Waals surface area contributed by atoms with Gasteiger partial charge in [-0.2, -0.15) is 0 Å². The Bertz CT molecular complexity index is 592. The Labute approximate surface area is 165 Å². The van der Waals surface area contributed by atoms with E-state index in [1.54, 1.807) is 13.2 Å². The Hall–Kier alpha value is -1.15. The van der Waals surface area contributed by atoms with Gasteiger partial charge in [-0.1, -0.05) is 37.6 Å². The van der Waals surface area contributed by atoms with Crippen molar-refractivity contribution in [2.75, 3.05) is 7.11 Å². The highest BCUT2D eigenvalue weighted by Gasteiger charge is 2.30. The van der Waals surface area contributed by atoms with Crippen molar-refractivity contribution in [1.29, 1.82) is 0 Å². The van der Waals surface area contributed by atoms with Crippen LogP contribution in [-0.4, -0.2) is 7.11 Å². The van der Waals surface area contributed by atoms with Crippen LogP contribution in [0.15, 0.2) is 30.4 Å². The summed E-state index contributed by atoms with van der Waals surface area (Å²) in [6.45, 7) is 2.61. The van der Waals surface area contributed by atoms with Gasteiger partial charge in [0.05, 0.1) is 6.61 Å². The first-order chi connectivity index (χ1) is 13.2. The molecule has 3 rings (SSSR count). The molecule has 0 heterocycles. The lowest BCUT2D eigenvalue weighted by atomic mass is 9.68. The van der Waals surface area contributed by atoms with Crippen molar-refractivity contribution in [3.8, 4) is 0 Å². The van der Waals surface area contributed by atoms with Gasteiger partial charge in [0.2, 0.25) is 0 Å². The van der Waals surface area contributed by atoms with Crippen LogP contribution < -0.4 is 0 Å².